The molecule has 0 aromatic heterocycles. The van der Waals surface area contributed by atoms with Crippen molar-refractivity contribution in [3.63, 3.8) is 0 Å². The summed E-state index contributed by atoms with van der Waals surface area (Å²) in [4.78, 5) is 14.3. The zero-order valence-corrected chi connectivity index (χ0v) is 16.6. The lowest BCUT2D eigenvalue weighted by Gasteiger charge is -2.54. The molecular formula is C21H30ClNO2. The Labute approximate surface area is 156 Å². The Hall–Kier alpha value is -1.06. The van der Waals surface area contributed by atoms with Crippen molar-refractivity contribution in [3.05, 3.63) is 34.9 Å². The molecule has 0 N–H and O–H groups in total. The van der Waals surface area contributed by atoms with Crippen LogP contribution in [-0.4, -0.2) is 35.6 Å². The van der Waals surface area contributed by atoms with Crippen molar-refractivity contribution in [2.75, 3.05) is 13.1 Å². The molecule has 3 nitrogen and oxygen atoms in total. The van der Waals surface area contributed by atoms with Gasteiger partial charge in [-0.3, -0.25) is 9.69 Å². The Bertz CT molecular complexity index is 639. The standard InChI is InChI=1S/C21H30ClNO2/c1-15(24)25-21(20(2,3)4)11-12-23-14-16(9-10-17(23)13-21)18-7-5-6-8-19(18)22/h5-8,16-17H,9-14H2,1-4H3/t16-,17+,21-/m0/s1. The van der Waals surface area contributed by atoms with E-state index in [9.17, 15) is 4.79 Å². The maximum Gasteiger partial charge on any atom is 0.303 e. The first-order chi connectivity index (χ1) is 11.7. The normalized spacial score (nSPS) is 30.6. The lowest BCUT2D eigenvalue weighted by molar-refractivity contribution is -0.186. The van der Waals surface area contributed by atoms with Gasteiger partial charge in [-0.05, 0) is 30.4 Å². The van der Waals surface area contributed by atoms with Crippen molar-refractivity contribution in [3.8, 4) is 0 Å². The van der Waals surface area contributed by atoms with Crippen molar-refractivity contribution in [2.45, 2.75) is 70.9 Å². The summed E-state index contributed by atoms with van der Waals surface area (Å²) in [5, 5.41) is 0.881. The molecule has 2 aliphatic rings. The highest BCUT2D eigenvalue weighted by atomic mass is 35.5. The first-order valence-corrected chi connectivity index (χ1v) is 9.78. The van der Waals surface area contributed by atoms with E-state index in [1.807, 2.05) is 12.1 Å². The van der Waals surface area contributed by atoms with Crippen molar-refractivity contribution < 1.29 is 9.53 Å². The Morgan fingerprint density at radius 1 is 1.28 bits per heavy atom. The molecule has 2 heterocycles. The number of piperidine rings is 2. The zero-order valence-electron chi connectivity index (χ0n) is 15.8. The van der Waals surface area contributed by atoms with Crippen molar-refractivity contribution in [2.24, 2.45) is 5.41 Å². The molecular weight excluding hydrogens is 334 g/mol. The van der Waals surface area contributed by atoms with Gasteiger partial charge >= 0.3 is 5.97 Å². The molecule has 2 aliphatic heterocycles. The zero-order chi connectivity index (χ0) is 18.2. The second-order valence-electron chi connectivity index (χ2n) is 8.74. The van der Waals surface area contributed by atoms with Gasteiger partial charge < -0.3 is 4.74 Å². The summed E-state index contributed by atoms with van der Waals surface area (Å²) in [5.74, 6) is 0.342. The number of benzene rings is 1. The molecule has 25 heavy (non-hydrogen) atoms. The summed E-state index contributed by atoms with van der Waals surface area (Å²) in [6, 6.07) is 8.72. The lowest BCUT2D eigenvalue weighted by atomic mass is 9.67. The molecule has 0 unspecified atom stereocenters. The molecule has 1 aromatic rings. The van der Waals surface area contributed by atoms with Crippen molar-refractivity contribution in [1.82, 2.24) is 4.90 Å². The molecule has 0 radical (unpaired) electrons. The van der Waals surface area contributed by atoms with Gasteiger partial charge in [0.25, 0.3) is 0 Å². The van der Waals surface area contributed by atoms with Gasteiger partial charge in [0.15, 0.2) is 0 Å². The van der Waals surface area contributed by atoms with Crippen LogP contribution in [0.15, 0.2) is 24.3 Å². The van der Waals surface area contributed by atoms with Crippen LogP contribution in [0.1, 0.15) is 64.9 Å². The SMILES string of the molecule is CC(=O)O[C@@]1(C(C)(C)C)CCN2C[C@@H](c3ccccc3Cl)CC[C@@H]2C1. The first-order valence-electron chi connectivity index (χ1n) is 9.40. The molecule has 3 atom stereocenters. The van der Waals surface area contributed by atoms with Crippen LogP contribution in [0.25, 0.3) is 0 Å². The minimum absolute atomic E-state index is 0.0512. The summed E-state index contributed by atoms with van der Waals surface area (Å²) >= 11 is 6.42. The average Bonchev–Trinajstić information content (AvgIpc) is 2.53. The smallest absolute Gasteiger partial charge is 0.303 e. The van der Waals surface area contributed by atoms with E-state index in [0.29, 0.717) is 12.0 Å². The van der Waals surface area contributed by atoms with Crippen molar-refractivity contribution >= 4 is 17.6 Å². The fourth-order valence-electron chi connectivity index (χ4n) is 4.67. The number of hydrogen-bond acceptors (Lipinski definition) is 3. The van der Waals surface area contributed by atoms with Gasteiger partial charge in [-0.15, -0.1) is 0 Å². The van der Waals surface area contributed by atoms with Gasteiger partial charge in [0.1, 0.15) is 5.60 Å². The molecule has 1 aromatic carbocycles. The number of carbonyl (C=O) groups excluding carboxylic acids is 1. The van der Waals surface area contributed by atoms with E-state index in [2.05, 4.69) is 37.8 Å². The van der Waals surface area contributed by atoms with Crippen LogP contribution in [0.2, 0.25) is 5.02 Å². The summed E-state index contributed by atoms with van der Waals surface area (Å²) < 4.78 is 5.94. The number of ether oxygens (including phenoxy) is 1. The number of nitrogens with zero attached hydrogens (tertiary/aromatic N) is 1. The highest BCUT2D eigenvalue weighted by Crippen LogP contribution is 2.47. The van der Waals surface area contributed by atoms with E-state index in [-0.39, 0.29) is 17.0 Å². The monoisotopic (exact) mass is 363 g/mol. The van der Waals surface area contributed by atoms with E-state index in [4.69, 9.17) is 16.3 Å². The Morgan fingerprint density at radius 3 is 2.64 bits per heavy atom. The Kier molecular flexibility index (Phi) is 5.18. The number of esters is 1. The largest absolute Gasteiger partial charge is 0.459 e. The van der Waals surface area contributed by atoms with E-state index >= 15 is 0 Å². The van der Waals surface area contributed by atoms with Crippen LogP contribution in [0.5, 0.6) is 0 Å². The van der Waals surface area contributed by atoms with Gasteiger partial charge in [0, 0.05) is 49.3 Å². The molecule has 138 valence electrons. The average molecular weight is 364 g/mol. The van der Waals surface area contributed by atoms with Gasteiger partial charge in [0.05, 0.1) is 0 Å². The van der Waals surface area contributed by atoms with Crippen molar-refractivity contribution in [1.29, 1.82) is 0 Å². The quantitative estimate of drug-likeness (QED) is 0.690. The predicted octanol–water partition coefficient (Wildman–Crippen LogP) is 5.03. The number of fused-ring (bicyclic) bond motifs is 1. The molecule has 4 heteroatoms. The molecule has 0 bridgehead atoms. The highest BCUT2D eigenvalue weighted by molar-refractivity contribution is 6.31. The van der Waals surface area contributed by atoms with Crippen LogP contribution < -0.4 is 0 Å². The third-order valence-electron chi connectivity index (χ3n) is 6.24. The van der Waals surface area contributed by atoms with Crippen LogP contribution in [0.3, 0.4) is 0 Å². The second kappa shape index (κ2) is 6.92. The molecule has 0 saturated carbocycles. The third-order valence-corrected chi connectivity index (χ3v) is 6.58. The van der Waals surface area contributed by atoms with Crippen LogP contribution >= 0.6 is 11.6 Å². The summed E-state index contributed by atoms with van der Waals surface area (Å²) in [7, 11) is 0. The van der Waals surface area contributed by atoms with E-state index in [1.54, 1.807) is 0 Å². The maximum atomic E-state index is 11.7. The Morgan fingerprint density at radius 2 is 2.00 bits per heavy atom. The molecule has 2 fully saturated rings. The topological polar surface area (TPSA) is 29.5 Å². The van der Waals surface area contributed by atoms with Crippen LogP contribution in [-0.2, 0) is 9.53 Å². The van der Waals surface area contributed by atoms with Gasteiger partial charge in [-0.2, -0.15) is 0 Å². The number of rotatable bonds is 2. The minimum Gasteiger partial charge on any atom is -0.459 e. The number of carbonyl (C=O) groups is 1. The van der Waals surface area contributed by atoms with Crippen LogP contribution in [0.4, 0.5) is 0 Å². The van der Waals surface area contributed by atoms with Gasteiger partial charge in [-0.25, -0.2) is 0 Å². The fraction of sp³-hybridized carbons (Fsp3) is 0.667. The first kappa shape index (κ1) is 18.7. The van der Waals surface area contributed by atoms with E-state index in [0.717, 1.165) is 43.8 Å². The summed E-state index contributed by atoms with van der Waals surface area (Å²) in [6.45, 7) is 10.2. The molecule has 0 amide bonds. The van der Waals surface area contributed by atoms with Crippen LogP contribution in [0, 0.1) is 5.41 Å². The summed E-state index contributed by atoms with van der Waals surface area (Å²) in [6.07, 6.45) is 4.12. The van der Waals surface area contributed by atoms with Gasteiger partial charge in [-0.1, -0.05) is 50.6 Å². The molecule has 0 aliphatic carbocycles. The second-order valence-corrected chi connectivity index (χ2v) is 9.14. The van der Waals surface area contributed by atoms with E-state index in [1.165, 1.54) is 12.5 Å². The highest BCUT2D eigenvalue weighted by Gasteiger charge is 2.51. The molecule has 0 spiro atoms. The minimum atomic E-state index is -0.350. The Balaban J connectivity index is 1.75. The predicted molar refractivity (Wildman–Crippen MR) is 102 cm³/mol. The molecule has 2 saturated heterocycles. The number of halogens is 1. The fourth-order valence-corrected chi connectivity index (χ4v) is 4.96. The van der Waals surface area contributed by atoms with Gasteiger partial charge in [0.2, 0.25) is 0 Å². The van der Waals surface area contributed by atoms with E-state index < -0.39 is 0 Å². The third kappa shape index (κ3) is 3.73. The maximum absolute atomic E-state index is 11.7. The lowest BCUT2D eigenvalue weighted by Crippen LogP contribution is -2.59. The number of hydrogen-bond donors (Lipinski definition) is 0. The summed E-state index contributed by atoms with van der Waals surface area (Å²) in [5.41, 5.74) is 0.872. The molecule has 3 rings (SSSR count).